The number of aliphatic hydroxyl groups excluding tert-OH is 1. The van der Waals surface area contributed by atoms with E-state index in [2.05, 4.69) is 10.6 Å². The molecule has 0 bridgehead atoms. The van der Waals surface area contributed by atoms with Gasteiger partial charge in [-0.15, -0.1) is 0 Å². The number of nitrogens with zero attached hydrogens (tertiary/aromatic N) is 1. The molecule has 21 heavy (non-hydrogen) atoms. The minimum Gasteiger partial charge on any atom is -0.396 e. The van der Waals surface area contributed by atoms with Crippen molar-refractivity contribution in [1.29, 1.82) is 0 Å². The molecule has 0 radical (unpaired) electrons. The summed E-state index contributed by atoms with van der Waals surface area (Å²) in [6.45, 7) is 5.40. The van der Waals surface area contributed by atoms with Gasteiger partial charge in [-0.3, -0.25) is 10.1 Å². The van der Waals surface area contributed by atoms with E-state index in [0.29, 0.717) is 17.7 Å². The summed E-state index contributed by atoms with van der Waals surface area (Å²) < 4.78 is 0. The molecule has 2 atom stereocenters. The number of nitro benzene ring substituents is 1. The van der Waals surface area contributed by atoms with Crippen LogP contribution in [-0.4, -0.2) is 28.7 Å². The number of nitro groups is 1. The van der Waals surface area contributed by atoms with Crippen molar-refractivity contribution in [3.8, 4) is 0 Å². The van der Waals surface area contributed by atoms with E-state index in [1.54, 1.807) is 19.1 Å². The molecule has 1 aromatic rings. The molecular formula is C14H21N3O4. The van der Waals surface area contributed by atoms with Crippen LogP contribution in [0, 0.1) is 16.0 Å². The van der Waals surface area contributed by atoms with Crippen molar-refractivity contribution in [2.24, 2.45) is 5.92 Å². The first-order chi connectivity index (χ1) is 9.88. The lowest BCUT2D eigenvalue weighted by molar-refractivity contribution is -0.385. The summed E-state index contributed by atoms with van der Waals surface area (Å²) in [7, 11) is 0. The Bertz CT molecular complexity index is 519. The second-order valence-electron chi connectivity index (χ2n) is 5.00. The van der Waals surface area contributed by atoms with Gasteiger partial charge in [0.1, 0.15) is 0 Å². The predicted octanol–water partition coefficient (Wildman–Crippen LogP) is 2.30. The number of carbonyl (C=O) groups excluding carboxylic acids is 1. The SMILES string of the molecule is CCc1ccc(NC(=O)N[C@H](C)[C@@H](C)CO)cc1[N+](=O)[O-]. The monoisotopic (exact) mass is 295 g/mol. The lowest BCUT2D eigenvalue weighted by atomic mass is 10.1. The molecule has 116 valence electrons. The number of hydrogen-bond acceptors (Lipinski definition) is 4. The van der Waals surface area contributed by atoms with Gasteiger partial charge in [-0.1, -0.05) is 19.9 Å². The van der Waals surface area contributed by atoms with Gasteiger partial charge in [0, 0.05) is 30.0 Å². The van der Waals surface area contributed by atoms with E-state index in [4.69, 9.17) is 5.11 Å². The van der Waals surface area contributed by atoms with Gasteiger partial charge in [0.05, 0.1) is 4.92 Å². The zero-order valence-corrected chi connectivity index (χ0v) is 12.4. The van der Waals surface area contributed by atoms with E-state index in [-0.39, 0.29) is 24.3 Å². The van der Waals surface area contributed by atoms with Gasteiger partial charge in [-0.05, 0) is 25.3 Å². The summed E-state index contributed by atoms with van der Waals surface area (Å²) in [6, 6.07) is 3.94. The molecule has 0 spiro atoms. The van der Waals surface area contributed by atoms with Crippen molar-refractivity contribution in [2.75, 3.05) is 11.9 Å². The maximum atomic E-state index is 11.8. The molecule has 0 aromatic heterocycles. The van der Waals surface area contributed by atoms with Crippen LogP contribution < -0.4 is 10.6 Å². The van der Waals surface area contributed by atoms with E-state index in [0.717, 1.165) is 0 Å². The third kappa shape index (κ3) is 4.71. The largest absolute Gasteiger partial charge is 0.396 e. The number of benzene rings is 1. The number of aryl methyl sites for hydroxylation is 1. The van der Waals surface area contributed by atoms with Crippen LogP contribution in [0.5, 0.6) is 0 Å². The molecule has 7 nitrogen and oxygen atoms in total. The van der Waals surface area contributed by atoms with Gasteiger partial charge >= 0.3 is 6.03 Å². The van der Waals surface area contributed by atoms with Gasteiger partial charge in [0.25, 0.3) is 5.69 Å². The van der Waals surface area contributed by atoms with Crippen LogP contribution in [0.2, 0.25) is 0 Å². The standard InChI is InChI=1S/C14H21N3O4/c1-4-11-5-6-12(7-13(11)17(20)21)16-14(19)15-10(3)9(2)8-18/h5-7,9-10,18H,4,8H2,1-3H3,(H2,15,16,19)/t9-,10+/m0/s1. The van der Waals surface area contributed by atoms with Crippen LogP contribution in [-0.2, 0) is 6.42 Å². The van der Waals surface area contributed by atoms with E-state index >= 15 is 0 Å². The Balaban J connectivity index is 2.77. The summed E-state index contributed by atoms with van der Waals surface area (Å²) in [4.78, 5) is 22.3. The lowest BCUT2D eigenvalue weighted by Crippen LogP contribution is -2.40. The second kappa shape index (κ2) is 7.58. The summed E-state index contributed by atoms with van der Waals surface area (Å²) in [5.41, 5.74) is 0.973. The van der Waals surface area contributed by atoms with Gasteiger partial charge < -0.3 is 15.7 Å². The van der Waals surface area contributed by atoms with E-state index in [9.17, 15) is 14.9 Å². The Morgan fingerprint density at radius 2 is 2.10 bits per heavy atom. The molecule has 0 aliphatic heterocycles. The number of anilines is 1. The fourth-order valence-corrected chi connectivity index (χ4v) is 1.78. The molecule has 0 saturated carbocycles. The summed E-state index contributed by atoms with van der Waals surface area (Å²) >= 11 is 0. The number of aliphatic hydroxyl groups is 1. The zero-order valence-electron chi connectivity index (χ0n) is 12.4. The van der Waals surface area contributed by atoms with Crippen molar-refractivity contribution >= 4 is 17.4 Å². The average Bonchev–Trinajstić information content (AvgIpc) is 2.45. The Morgan fingerprint density at radius 1 is 1.43 bits per heavy atom. The highest BCUT2D eigenvalue weighted by Gasteiger charge is 2.16. The van der Waals surface area contributed by atoms with Crippen LogP contribution in [0.15, 0.2) is 18.2 Å². The number of hydrogen-bond donors (Lipinski definition) is 3. The van der Waals surface area contributed by atoms with Crippen molar-refractivity contribution in [3.63, 3.8) is 0 Å². The van der Waals surface area contributed by atoms with Gasteiger partial charge in [0.15, 0.2) is 0 Å². The fourth-order valence-electron chi connectivity index (χ4n) is 1.78. The number of carbonyl (C=O) groups is 1. The number of rotatable bonds is 6. The minimum atomic E-state index is -0.460. The Labute approximate surface area is 123 Å². The highest BCUT2D eigenvalue weighted by atomic mass is 16.6. The molecule has 0 aliphatic rings. The highest BCUT2D eigenvalue weighted by Crippen LogP contribution is 2.23. The normalized spacial score (nSPS) is 13.3. The van der Waals surface area contributed by atoms with Crippen molar-refractivity contribution in [3.05, 3.63) is 33.9 Å². The zero-order chi connectivity index (χ0) is 16.0. The molecule has 0 heterocycles. The maximum Gasteiger partial charge on any atom is 0.319 e. The smallest absolute Gasteiger partial charge is 0.319 e. The van der Waals surface area contributed by atoms with Crippen LogP contribution >= 0.6 is 0 Å². The Morgan fingerprint density at radius 3 is 2.62 bits per heavy atom. The number of amides is 2. The van der Waals surface area contributed by atoms with Crippen LogP contribution in [0.1, 0.15) is 26.3 Å². The third-order valence-electron chi connectivity index (χ3n) is 3.42. The second-order valence-corrected chi connectivity index (χ2v) is 5.00. The number of nitrogens with one attached hydrogen (secondary N) is 2. The summed E-state index contributed by atoms with van der Waals surface area (Å²) in [5.74, 6) is -0.0763. The average molecular weight is 295 g/mol. The molecule has 2 amide bonds. The van der Waals surface area contributed by atoms with Crippen LogP contribution in [0.25, 0.3) is 0 Å². The first-order valence-electron chi connectivity index (χ1n) is 6.84. The molecule has 3 N–H and O–H groups in total. The summed E-state index contributed by atoms with van der Waals surface area (Å²) in [6.07, 6.45) is 0.549. The Hall–Kier alpha value is -2.15. The van der Waals surface area contributed by atoms with Crippen molar-refractivity contribution in [2.45, 2.75) is 33.2 Å². The molecule has 1 aromatic carbocycles. The summed E-state index contributed by atoms with van der Waals surface area (Å²) in [5, 5.41) is 25.2. The maximum absolute atomic E-state index is 11.8. The fraction of sp³-hybridized carbons (Fsp3) is 0.500. The highest BCUT2D eigenvalue weighted by molar-refractivity contribution is 5.89. The predicted molar refractivity (Wildman–Crippen MR) is 80.3 cm³/mol. The first-order valence-corrected chi connectivity index (χ1v) is 6.84. The molecule has 0 saturated heterocycles. The number of urea groups is 1. The molecule has 1 rings (SSSR count). The van der Waals surface area contributed by atoms with E-state index in [1.807, 2.05) is 13.8 Å². The topological polar surface area (TPSA) is 104 Å². The van der Waals surface area contributed by atoms with Gasteiger partial charge in [0.2, 0.25) is 0 Å². The van der Waals surface area contributed by atoms with Crippen LogP contribution in [0.4, 0.5) is 16.2 Å². The molecule has 0 unspecified atom stereocenters. The quantitative estimate of drug-likeness (QED) is 0.553. The van der Waals surface area contributed by atoms with E-state index in [1.165, 1.54) is 6.07 Å². The van der Waals surface area contributed by atoms with Crippen molar-refractivity contribution in [1.82, 2.24) is 5.32 Å². The lowest BCUT2D eigenvalue weighted by Gasteiger charge is -2.19. The molecular weight excluding hydrogens is 274 g/mol. The molecule has 0 fully saturated rings. The molecule has 0 aliphatic carbocycles. The van der Waals surface area contributed by atoms with Crippen LogP contribution in [0.3, 0.4) is 0 Å². The van der Waals surface area contributed by atoms with Crippen molar-refractivity contribution < 1.29 is 14.8 Å². The van der Waals surface area contributed by atoms with Gasteiger partial charge in [-0.2, -0.15) is 0 Å². The van der Waals surface area contributed by atoms with E-state index < -0.39 is 11.0 Å². The first kappa shape index (κ1) is 16.9. The Kier molecular flexibility index (Phi) is 6.10. The third-order valence-corrected chi connectivity index (χ3v) is 3.42. The molecule has 7 heteroatoms. The minimum absolute atomic E-state index is 0.00734. The van der Waals surface area contributed by atoms with Gasteiger partial charge in [-0.25, -0.2) is 4.79 Å².